The Bertz CT molecular complexity index is 321. The molecule has 0 radical (unpaired) electrons. The highest BCUT2D eigenvalue weighted by atomic mass is 16.5. The molecule has 1 aromatic rings. The summed E-state index contributed by atoms with van der Waals surface area (Å²) < 4.78 is 5.52. The molecule has 1 aliphatic rings. The van der Waals surface area contributed by atoms with Crippen molar-refractivity contribution in [2.75, 3.05) is 19.0 Å². The zero-order valence-electron chi connectivity index (χ0n) is 8.29. The molecular weight excluding hydrogens is 178 g/mol. The highest BCUT2D eigenvalue weighted by Crippen LogP contribution is 2.31. The Labute approximate surface area is 83.7 Å². The molecule has 14 heavy (non-hydrogen) atoms. The van der Waals surface area contributed by atoms with Crippen molar-refractivity contribution in [3.05, 3.63) is 18.2 Å². The molecule has 0 spiro atoms. The number of aromatic hydroxyl groups is 1. The van der Waals surface area contributed by atoms with Gasteiger partial charge in [-0.1, -0.05) is 0 Å². The molecule has 0 amide bonds. The Morgan fingerprint density at radius 1 is 1.50 bits per heavy atom. The summed E-state index contributed by atoms with van der Waals surface area (Å²) in [4.78, 5) is 0. The molecule has 76 valence electrons. The van der Waals surface area contributed by atoms with Gasteiger partial charge in [-0.25, -0.2) is 0 Å². The molecule has 0 atom stereocenters. The monoisotopic (exact) mass is 193 g/mol. The predicted octanol–water partition coefficient (Wildman–Crippen LogP) is 2.22. The van der Waals surface area contributed by atoms with Gasteiger partial charge in [-0.15, -0.1) is 0 Å². The molecule has 1 aliphatic carbocycles. The van der Waals surface area contributed by atoms with Gasteiger partial charge in [0.25, 0.3) is 0 Å². The van der Waals surface area contributed by atoms with E-state index in [2.05, 4.69) is 5.32 Å². The topological polar surface area (TPSA) is 41.5 Å². The van der Waals surface area contributed by atoms with E-state index in [1.165, 1.54) is 12.8 Å². The van der Waals surface area contributed by atoms with Crippen LogP contribution in [0.2, 0.25) is 0 Å². The highest BCUT2D eigenvalue weighted by molar-refractivity contribution is 5.57. The van der Waals surface area contributed by atoms with Crippen LogP contribution in [0.4, 0.5) is 5.69 Å². The fourth-order valence-corrected chi connectivity index (χ4v) is 1.31. The fourth-order valence-electron chi connectivity index (χ4n) is 1.31. The van der Waals surface area contributed by atoms with E-state index in [0.29, 0.717) is 0 Å². The number of phenolic OH excluding ortho intramolecular Hbond substituents is 1. The molecule has 3 heteroatoms. The first kappa shape index (κ1) is 9.19. The zero-order valence-corrected chi connectivity index (χ0v) is 8.29. The van der Waals surface area contributed by atoms with E-state index in [1.807, 2.05) is 12.1 Å². The normalized spacial score (nSPS) is 15.2. The van der Waals surface area contributed by atoms with Gasteiger partial charge in [0.1, 0.15) is 11.5 Å². The van der Waals surface area contributed by atoms with Gasteiger partial charge in [0, 0.05) is 13.1 Å². The molecule has 2 rings (SSSR count). The highest BCUT2D eigenvalue weighted by Gasteiger charge is 2.21. The summed E-state index contributed by atoms with van der Waals surface area (Å²) in [5, 5.41) is 12.4. The molecule has 1 aromatic carbocycles. The minimum atomic E-state index is 0.237. The number of benzene rings is 1. The minimum Gasteiger partial charge on any atom is -0.506 e. The average molecular weight is 193 g/mol. The van der Waals surface area contributed by atoms with E-state index in [1.54, 1.807) is 13.1 Å². The number of rotatable bonds is 4. The summed E-state index contributed by atoms with van der Waals surface area (Å²) in [6.45, 7) is 0.776. The maximum absolute atomic E-state index is 9.53. The lowest BCUT2D eigenvalue weighted by Crippen LogP contribution is -1.99. The molecular formula is C11H15NO2. The van der Waals surface area contributed by atoms with E-state index >= 15 is 0 Å². The molecule has 0 saturated heterocycles. The Morgan fingerprint density at radius 3 is 2.86 bits per heavy atom. The van der Waals surface area contributed by atoms with Gasteiger partial charge in [0.2, 0.25) is 0 Å². The summed E-state index contributed by atoms with van der Waals surface area (Å²) in [7, 11) is 1.78. The Balaban J connectivity index is 1.99. The van der Waals surface area contributed by atoms with Crippen molar-refractivity contribution in [3.63, 3.8) is 0 Å². The van der Waals surface area contributed by atoms with Crippen LogP contribution in [0.25, 0.3) is 0 Å². The van der Waals surface area contributed by atoms with Crippen LogP contribution in [0.15, 0.2) is 18.2 Å². The molecule has 2 N–H and O–H groups in total. The minimum absolute atomic E-state index is 0.237. The third kappa shape index (κ3) is 2.10. The number of nitrogens with one attached hydrogen (secondary N) is 1. The SMILES string of the molecule is CNc1ccc(OCC2CC2)cc1O. The van der Waals surface area contributed by atoms with Crippen molar-refractivity contribution >= 4 is 5.69 Å². The van der Waals surface area contributed by atoms with E-state index < -0.39 is 0 Å². The van der Waals surface area contributed by atoms with E-state index in [0.717, 1.165) is 24.0 Å². The summed E-state index contributed by atoms with van der Waals surface area (Å²) in [5.74, 6) is 1.72. The first-order chi connectivity index (χ1) is 6.79. The van der Waals surface area contributed by atoms with Crippen LogP contribution in [-0.4, -0.2) is 18.8 Å². The third-order valence-electron chi connectivity index (χ3n) is 2.42. The van der Waals surface area contributed by atoms with Crippen molar-refractivity contribution < 1.29 is 9.84 Å². The first-order valence-electron chi connectivity index (χ1n) is 4.93. The van der Waals surface area contributed by atoms with Crippen LogP contribution in [0, 0.1) is 5.92 Å². The van der Waals surface area contributed by atoms with Gasteiger partial charge >= 0.3 is 0 Å². The maximum atomic E-state index is 9.53. The second-order valence-electron chi connectivity index (χ2n) is 3.68. The van der Waals surface area contributed by atoms with Gasteiger partial charge in [0.05, 0.1) is 12.3 Å². The van der Waals surface area contributed by atoms with E-state index in [9.17, 15) is 5.11 Å². The molecule has 1 saturated carbocycles. The largest absolute Gasteiger partial charge is 0.506 e. The van der Waals surface area contributed by atoms with E-state index in [-0.39, 0.29) is 5.75 Å². The molecule has 0 heterocycles. The average Bonchev–Trinajstić information content (AvgIpc) is 2.98. The summed E-state index contributed by atoms with van der Waals surface area (Å²) in [6.07, 6.45) is 2.56. The molecule has 3 nitrogen and oxygen atoms in total. The smallest absolute Gasteiger partial charge is 0.142 e. The number of ether oxygens (including phenoxy) is 1. The number of anilines is 1. The van der Waals surface area contributed by atoms with Gasteiger partial charge < -0.3 is 15.2 Å². The lowest BCUT2D eigenvalue weighted by atomic mass is 10.3. The quantitative estimate of drug-likeness (QED) is 0.720. The van der Waals surface area contributed by atoms with Gasteiger partial charge in [-0.2, -0.15) is 0 Å². The molecule has 0 bridgehead atoms. The van der Waals surface area contributed by atoms with Crippen molar-refractivity contribution in [2.24, 2.45) is 5.92 Å². The molecule has 0 unspecified atom stereocenters. The van der Waals surface area contributed by atoms with Crippen LogP contribution in [0.1, 0.15) is 12.8 Å². The number of hydrogen-bond acceptors (Lipinski definition) is 3. The maximum Gasteiger partial charge on any atom is 0.142 e. The zero-order chi connectivity index (χ0) is 9.97. The number of hydrogen-bond donors (Lipinski definition) is 2. The first-order valence-corrected chi connectivity index (χ1v) is 4.93. The van der Waals surface area contributed by atoms with Crippen molar-refractivity contribution in [1.82, 2.24) is 0 Å². The van der Waals surface area contributed by atoms with Crippen molar-refractivity contribution in [2.45, 2.75) is 12.8 Å². The fraction of sp³-hybridized carbons (Fsp3) is 0.455. The molecule has 0 aliphatic heterocycles. The van der Waals surface area contributed by atoms with Gasteiger partial charge in [-0.3, -0.25) is 0 Å². The van der Waals surface area contributed by atoms with Crippen molar-refractivity contribution in [3.8, 4) is 11.5 Å². The van der Waals surface area contributed by atoms with Gasteiger partial charge in [-0.05, 0) is 30.9 Å². The lowest BCUT2D eigenvalue weighted by molar-refractivity contribution is 0.298. The standard InChI is InChI=1S/C11H15NO2/c1-12-10-5-4-9(6-11(10)13)14-7-8-2-3-8/h4-6,8,12-13H,2-3,7H2,1H3. The van der Waals surface area contributed by atoms with Crippen LogP contribution >= 0.6 is 0 Å². The van der Waals surface area contributed by atoms with Crippen LogP contribution in [0.3, 0.4) is 0 Å². The molecule has 1 fully saturated rings. The van der Waals surface area contributed by atoms with Gasteiger partial charge in [0.15, 0.2) is 0 Å². The van der Waals surface area contributed by atoms with Crippen LogP contribution < -0.4 is 10.1 Å². The lowest BCUT2D eigenvalue weighted by Gasteiger charge is -2.08. The van der Waals surface area contributed by atoms with E-state index in [4.69, 9.17) is 4.74 Å². The summed E-state index contributed by atoms with van der Waals surface area (Å²) >= 11 is 0. The second-order valence-corrected chi connectivity index (χ2v) is 3.68. The number of phenols is 1. The summed E-state index contributed by atoms with van der Waals surface area (Å²) in [6, 6.07) is 5.33. The Morgan fingerprint density at radius 2 is 2.29 bits per heavy atom. The third-order valence-corrected chi connectivity index (χ3v) is 2.42. The second kappa shape index (κ2) is 3.78. The molecule has 0 aromatic heterocycles. The van der Waals surface area contributed by atoms with Crippen molar-refractivity contribution in [1.29, 1.82) is 0 Å². The Kier molecular flexibility index (Phi) is 2.48. The summed E-state index contributed by atoms with van der Waals surface area (Å²) in [5.41, 5.74) is 0.726. The Hall–Kier alpha value is -1.38. The predicted molar refractivity (Wildman–Crippen MR) is 55.9 cm³/mol. The van der Waals surface area contributed by atoms with Crippen LogP contribution in [-0.2, 0) is 0 Å². The van der Waals surface area contributed by atoms with Crippen LogP contribution in [0.5, 0.6) is 11.5 Å².